The van der Waals surface area contributed by atoms with Crippen LogP contribution in [0.15, 0.2) is 14.6 Å². The molecule has 0 saturated carbocycles. The lowest BCUT2D eigenvalue weighted by Crippen LogP contribution is -2.19. The van der Waals surface area contributed by atoms with Crippen LogP contribution in [0.1, 0.15) is 53.8 Å². The average molecular weight is 456 g/mol. The first-order valence-electron chi connectivity index (χ1n) is 9.72. The Hall–Kier alpha value is -1.88. The fourth-order valence-electron chi connectivity index (χ4n) is 4.19. The first kappa shape index (κ1) is 21.4. The lowest BCUT2D eigenvalue weighted by atomic mass is 9.98. The van der Waals surface area contributed by atoms with E-state index in [0.29, 0.717) is 53.8 Å². The van der Waals surface area contributed by atoms with E-state index in [2.05, 4.69) is 9.68 Å². The van der Waals surface area contributed by atoms with Crippen LogP contribution in [0.2, 0.25) is 0 Å². The molecule has 0 radical (unpaired) electrons. The zero-order valence-electron chi connectivity index (χ0n) is 16.7. The highest BCUT2D eigenvalue weighted by atomic mass is 32.2. The van der Waals surface area contributed by atoms with E-state index in [1.165, 1.54) is 13.8 Å². The molecule has 0 fully saturated rings. The molecule has 6 nitrogen and oxygen atoms in total. The van der Waals surface area contributed by atoms with E-state index in [4.69, 9.17) is 5.14 Å². The molecule has 1 unspecified atom stereocenters. The number of anilines is 1. The molecule has 2 aromatic rings. The molecular weight excluding hydrogens is 432 g/mol. The summed E-state index contributed by atoms with van der Waals surface area (Å²) < 4.78 is 45.1. The fraction of sp³-hybridized carbons (Fsp3) is 0.450. The Kier molecular flexibility index (Phi) is 5.24. The third-order valence-corrected chi connectivity index (χ3v) is 8.89. The minimum atomic E-state index is -3.86. The van der Waals surface area contributed by atoms with Gasteiger partial charge in [-0.25, -0.2) is 22.9 Å². The topological polar surface area (TPSA) is 105 Å². The second-order valence-corrected chi connectivity index (χ2v) is 11.2. The zero-order valence-corrected chi connectivity index (χ0v) is 18.3. The first-order valence-corrected chi connectivity index (χ1v) is 12.1. The van der Waals surface area contributed by atoms with Crippen molar-refractivity contribution in [1.29, 1.82) is 0 Å². The number of nitrogens with zero attached hydrogens (tertiary/aromatic N) is 1. The van der Waals surface area contributed by atoms with Gasteiger partial charge in [0.1, 0.15) is 5.82 Å². The number of aliphatic hydroxyl groups is 1. The van der Waals surface area contributed by atoms with Crippen molar-refractivity contribution >= 4 is 33.0 Å². The van der Waals surface area contributed by atoms with Crippen molar-refractivity contribution in [3.8, 4) is 0 Å². The summed E-state index contributed by atoms with van der Waals surface area (Å²) in [6.07, 6.45) is 4.10. The lowest BCUT2D eigenvalue weighted by molar-refractivity contribution is 0.0823. The van der Waals surface area contributed by atoms with Crippen LogP contribution in [0.25, 0.3) is 0 Å². The molecule has 0 spiro atoms. The van der Waals surface area contributed by atoms with Crippen LogP contribution < -0.4 is 10.5 Å². The molecule has 0 saturated heterocycles. The minimum Gasteiger partial charge on any atom is -0.385 e. The Labute approximate surface area is 177 Å². The second kappa shape index (κ2) is 7.37. The number of carbonyl (C=O) groups excluding carboxylic acids is 1. The Morgan fingerprint density at radius 1 is 1.17 bits per heavy atom. The Bertz CT molecular complexity index is 1140. The highest BCUT2D eigenvalue weighted by Crippen LogP contribution is 2.41. The van der Waals surface area contributed by atoms with E-state index < -0.39 is 31.6 Å². The van der Waals surface area contributed by atoms with Crippen LogP contribution in [0.4, 0.5) is 19.3 Å². The van der Waals surface area contributed by atoms with Crippen molar-refractivity contribution in [3.63, 3.8) is 0 Å². The van der Waals surface area contributed by atoms with Gasteiger partial charge in [-0.2, -0.15) is 0 Å². The third kappa shape index (κ3) is 3.66. The van der Waals surface area contributed by atoms with Crippen molar-refractivity contribution in [2.45, 2.75) is 62.2 Å². The SMILES string of the molecule is CC(C)(O)c1cc(F)c(S(N)(=O)=NC(=O)Nc2c3c(c(F)c4c2CCC4)CCC3)s1. The summed E-state index contributed by atoms with van der Waals surface area (Å²) in [5, 5.41) is 18.4. The predicted octanol–water partition coefficient (Wildman–Crippen LogP) is 4.16. The monoisotopic (exact) mass is 455 g/mol. The summed E-state index contributed by atoms with van der Waals surface area (Å²) in [6.45, 7) is 2.92. The van der Waals surface area contributed by atoms with Crippen LogP contribution >= 0.6 is 11.3 Å². The van der Waals surface area contributed by atoms with E-state index in [1.54, 1.807) is 0 Å². The van der Waals surface area contributed by atoms with Gasteiger partial charge in [-0.15, -0.1) is 15.7 Å². The smallest absolute Gasteiger partial charge is 0.354 e. The molecule has 30 heavy (non-hydrogen) atoms. The molecule has 0 bridgehead atoms. The first-order chi connectivity index (χ1) is 14.0. The number of rotatable bonds is 3. The molecule has 2 aliphatic rings. The Balaban J connectivity index is 1.70. The molecule has 1 heterocycles. The van der Waals surface area contributed by atoms with E-state index in [0.717, 1.165) is 30.0 Å². The van der Waals surface area contributed by atoms with Crippen LogP contribution in [-0.4, -0.2) is 15.3 Å². The van der Waals surface area contributed by atoms with Crippen molar-refractivity contribution in [3.05, 3.63) is 44.8 Å². The fourth-order valence-corrected chi connectivity index (χ4v) is 6.53. The van der Waals surface area contributed by atoms with Gasteiger partial charge >= 0.3 is 6.03 Å². The largest absolute Gasteiger partial charge is 0.385 e. The number of halogens is 2. The standard InChI is InChI=1S/C20H23F2N3O3S2/c1-20(2,27)15-9-14(21)18(29-15)30(23,28)25-19(26)24-17-12-7-3-5-10(12)16(22)11-6-4-8-13(11)17/h9,27H,3-8H2,1-2H3,(H3,23,24,25,26,28). The highest BCUT2D eigenvalue weighted by Gasteiger charge is 2.30. The van der Waals surface area contributed by atoms with Gasteiger partial charge in [0.05, 0.1) is 5.60 Å². The summed E-state index contributed by atoms with van der Waals surface area (Å²) in [6, 6.07) is 0.0783. The van der Waals surface area contributed by atoms with Crippen molar-refractivity contribution in [2.24, 2.45) is 9.50 Å². The Morgan fingerprint density at radius 2 is 1.70 bits per heavy atom. The molecule has 4 rings (SSSR count). The maximum atomic E-state index is 14.8. The average Bonchev–Trinajstić information content (AvgIpc) is 3.36. The number of nitrogens with one attached hydrogen (secondary N) is 1. The molecule has 1 aromatic heterocycles. The van der Waals surface area contributed by atoms with Gasteiger partial charge in [0.2, 0.25) is 0 Å². The third-order valence-electron chi connectivity index (χ3n) is 5.54. The maximum Gasteiger partial charge on any atom is 0.354 e. The van der Waals surface area contributed by atoms with Gasteiger partial charge in [-0.1, -0.05) is 0 Å². The van der Waals surface area contributed by atoms with Crippen molar-refractivity contribution in [1.82, 2.24) is 0 Å². The van der Waals surface area contributed by atoms with E-state index in [1.807, 2.05) is 0 Å². The lowest BCUT2D eigenvalue weighted by Gasteiger charge is -2.16. The van der Waals surface area contributed by atoms with Gasteiger partial charge in [0, 0.05) is 10.6 Å². The quantitative estimate of drug-likeness (QED) is 0.647. The normalized spacial score (nSPS) is 17.4. The number of carbonyl (C=O) groups is 1. The number of thiophene rings is 1. The summed E-state index contributed by atoms with van der Waals surface area (Å²) >= 11 is 0.715. The van der Waals surface area contributed by atoms with Crippen LogP contribution in [0.5, 0.6) is 0 Å². The molecule has 2 amide bonds. The molecule has 1 atom stereocenters. The van der Waals surface area contributed by atoms with Gasteiger partial charge < -0.3 is 10.4 Å². The molecule has 10 heteroatoms. The maximum absolute atomic E-state index is 14.8. The molecule has 0 aliphatic heterocycles. The molecule has 162 valence electrons. The van der Waals surface area contributed by atoms with Gasteiger partial charge in [0.15, 0.2) is 19.9 Å². The summed E-state index contributed by atoms with van der Waals surface area (Å²) in [7, 11) is -3.86. The number of hydrogen-bond acceptors (Lipinski definition) is 4. The number of nitrogens with two attached hydrogens (primary N) is 1. The molecule has 2 aliphatic carbocycles. The van der Waals surface area contributed by atoms with Crippen LogP contribution in [0.3, 0.4) is 0 Å². The van der Waals surface area contributed by atoms with E-state index >= 15 is 0 Å². The number of urea groups is 1. The van der Waals surface area contributed by atoms with Gasteiger partial charge in [0.25, 0.3) is 0 Å². The predicted molar refractivity (Wildman–Crippen MR) is 112 cm³/mol. The zero-order chi connectivity index (χ0) is 21.8. The van der Waals surface area contributed by atoms with Crippen LogP contribution in [0, 0.1) is 11.6 Å². The van der Waals surface area contributed by atoms with E-state index in [9.17, 15) is 22.9 Å². The number of benzene rings is 1. The Morgan fingerprint density at radius 3 is 2.20 bits per heavy atom. The molecule has 4 N–H and O–H groups in total. The second-order valence-electron chi connectivity index (χ2n) is 8.21. The van der Waals surface area contributed by atoms with Crippen molar-refractivity contribution in [2.75, 3.05) is 5.32 Å². The summed E-state index contributed by atoms with van der Waals surface area (Å²) in [5.74, 6) is -1.06. The number of amides is 2. The van der Waals surface area contributed by atoms with Crippen LogP contribution in [-0.2, 0) is 41.2 Å². The summed E-state index contributed by atoms with van der Waals surface area (Å²) in [5.41, 5.74) is 1.94. The van der Waals surface area contributed by atoms with Gasteiger partial charge in [-0.05, 0) is 80.7 Å². The molecular formula is C20H23F2N3O3S2. The van der Waals surface area contributed by atoms with E-state index in [-0.39, 0.29) is 10.7 Å². The summed E-state index contributed by atoms with van der Waals surface area (Å²) in [4.78, 5) is 12.8. The molecule has 1 aromatic carbocycles. The number of fused-ring (bicyclic) bond motifs is 2. The van der Waals surface area contributed by atoms with Crippen molar-refractivity contribution < 1.29 is 22.9 Å². The highest BCUT2D eigenvalue weighted by molar-refractivity contribution is 7.93. The minimum absolute atomic E-state index is 0.174. The van der Waals surface area contributed by atoms with Gasteiger partial charge in [-0.3, -0.25) is 0 Å². The number of hydrogen-bond donors (Lipinski definition) is 3.